The van der Waals surface area contributed by atoms with Crippen molar-refractivity contribution in [2.75, 3.05) is 5.73 Å². The Morgan fingerprint density at radius 1 is 0.929 bits per heavy atom. The smallest absolute Gasteiger partial charge is 0.148 e. The van der Waals surface area contributed by atoms with Gasteiger partial charge in [-0.3, -0.25) is 0 Å². The molecule has 0 bridgehead atoms. The van der Waals surface area contributed by atoms with Gasteiger partial charge in [0, 0.05) is 23.7 Å². The number of anilines is 1. The van der Waals surface area contributed by atoms with Crippen LogP contribution in [-0.4, -0.2) is 9.38 Å². The van der Waals surface area contributed by atoms with E-state index in [4.69, 9.17) is 10.5 Å². The van der Waals surface area contributed by atoms with Gasteiger partial charge in [0.05, 0.1) is 5.52 Å². The second-order valence-corrected chi connectivity index (χ2v) is 7.43. The molecule has 1 fully saturated rings. The summed E-state index contributed by atoms with van der Waals surface area (Å²) in [7, 11) is 0. The lowest BCUT2D eigenvalue weighted by Crippen LogP contribution is -2.00. The first-order chi connectivity index (χ1) is 13.8. The molecule has 0 aliphatic heterocycles. The molecule has 4 nitrogen and oxygen atoms in total. The van der Waals surface area contributed by atoms with Crippen LogP contribution in [0.5, 0.6) is 11.5 Å². The van der Waals surface area contributed by atoms with Crippen molar-refractivity contribution in [2.45, 2.75) is 31.6 Å². The molecule has 0 saturated heterocycles. The third kappa shape index (κ3) is 3.01. The van der Waals surface area contributed by atoms with E-state index in [1.807, 2.05) is 48.7 Å². The summed E-state index contributed by atoms with van der Waals surface area (Å²) >= 11 is 0. The summed E-state index contributed by atoms with van der Waals surface area (Å²) in [5, 5.41) is 0. The standard InChI is InChI=1S/C24H23N3O/c25-24-23-21(16-22(18-6-4-5-7-18)27(23)15-14-26-24)17-10-12-20(13-11-17)28-19-8-2-1-3-9-19/h1-3,8-16,18H,4-7H2,(H2,25,26). The number of fused-ring (bicyclic) bond motifs is 1. The molecule has 5 rings (SSSR count). The molecule has 28 heavy (non-hydrogen) atoms. The highest BCUT2D eigenvalue weighted by Gasteiger charge is 2.23. The van der Waals surface area contributed by atoms with Crippen molar-refractivity contribution in [2.24, 2.45) is 0 Å². The maximum Gasteiger partial charge on any atom is 0.148 e. The van der Waals surface area contributed by atoms with E-state index in [1.165, 1.54) is 31.4 Å². The Balaban J connectivity index is 1.53. The second kappa shape index (κ2) is 7.04. The molecule has 0 atom stereocenters. The first-order valence-corrected chi connectivity index (χ1v) is 9.88. The van der Waals surface area contributed by atoms with Crippen molar-refractivity contribution >= 4 is 11.3 Å². The average molecular weight is 369 g/mol. The Morgan fingerprint density at radius 3 is 2.39 bits per heavy atom. The topological polar surface area (TPSA) is 52.5 Å². The van der Waals surface area contributed by atoms with Crippen LogP contribution in [0.2, 0.25) is 0 Å². The van der Waals surface area contributed by atoms with Gasteiger partial charge in [0.2, 0.25) is 0 Å². The molecule has 0 amide bonds. The Morgan fingerprint density at radius 2 is 1.64 bits per heavy atom. The van der Waals surface area contributed by atoms with Crippen molar-refractivity contribution in [3.8, 4) is 22.6 Å². The zero-order valence-electron chi connectivity index (χ0n) is 15.7. The van der Waals surface area contributed by atoms with Crippen LogP contribution in [0.4, 0.5) is 5.82 Å². The molecule has 2 aromatic carbocycles. The summed E-state index contributed by atoms with van der Waals surface area (Å²) in [5.74, 6) is 2.83. The van der Waals surface area contributed by atoms with Gasteiger partial charge in [0.25, 0.3) is 0 Å². The minimum Gasteiger partial charge on any atom is -0.457 e. The maximum absolute atomic E-state index is 6.28. The lowest BCUT2D eigenvalue weighted by atomic mass is 10.0. The van der Waals surface area contributed by atoms with Gasteiger partial charge in [-0.25, -0.2) is 4.98 Å². The van der Waals surface area contributed by atoms with Crippen LogP contribution in [0, 0.1) is 0 Å². The van der Waals surface area contributed by atoms with E-state index in [2.05, 4.69) is 27.6 Å². The van der Waals surface area contributed by atoms with Crippen LogP contribution in [0.1, 0.15) is 37.3 Å². The number of nitrogens with two attached hydrogens (primary N) is 1. The van der Waals surface area contributed by atoms with Crippen LogP contribution in [0.3, 0.4) is 0 Å². The Hall–Kier alpha value is -3.27. The molecular weight excluding hydrogens is 346 g/mol. The van der Waals surface area contributed by atoms with E-state index < -0.39 is 0 Å². The Labute approximate surface area is 164 Å². The molecule has 2 aromatic heterocycles. The molecule has 2 N–H and O–H groups in total. The van der Waals surface area contributed by atoms with Gasteiger partial charge in [0.15, 0.2) is 0 Å². The minimum atomic E-state index is 0.575. The summed E-state index contributed by atoms with van der Waals surface area (Å²) in [6, 6.07) is 20.3. The molecule has 0 radical (unpaired) electrons. The zero-order chi connectivity index (χ0) is 18.9. The summed E-state index contributed by atoms with van der Waals surface area (Å²) in [5.41, 5.74) is 10.9. The first kappa shape index (κ1) is 16.9. The van der Waals surface area contributed by atoms with E-state index in [-0.39, 0.29) is 0 Å². The molecule has 1 aliphatic rings. The van der Waals surface area contributed by atoms with Gasteiger partial charge in [-0.2, -0.15) is 0 Å². The lowest BCUT2D eigenvalue weighted by molar-refractivity contribution is 0.483. The van der Waals surface area contributed by atoms with E-state index >= 15 is 0 Å². The summed E-state index contributed by atoms with van der Waals surface area (Å²) in [6.07, 6.45) is 8.94. The Kier molecular flexibility index (Phi) is 4.24. The fourth-order valence-electron chi connectivity index (χ4n) is 4.29. The monoisotopic (exact) mass is 369 g/mol. The minimum absolute atomic E-state index is 0.575. The number of benzene rings is 2. The fraction of sp³-hybridized carbons (Fsp3) is 0.208. The predicted molar refractivity (Wildman–Crippen MR) is 113 cm³/mol. The highest BCUT2D eigenvalue weighted by atomic mass is 16.5. The van der Waals surface area contributed by atoms with Gasteiger partial charge in [-0.15, -0.1) is 0 Å². The van der Waals surface area contributed by atoms with Crippen molar-refractivity contribution in [3.05, 3.63) is 78.8 Å². The number of nitrogen functional groups attached to an aromatic ring is 1. The fourth-order valence-corrected chi connectivity index (χ4v) is 4.29. The van der Waals surface area contributed by atoms with Gasteiger partial charge in [0.1, 0.15) is 17.3 Å². The molecule has 2 heterocycles. The summed E-state index contributed by atoms with van der Waals surface area (Å²) in [4.78, 5) is 4.34. The molecule has 140 valence electrons. The third-order valence-corrected chi connectivity index (χ3v) is 5.66. The normalized spacial score (nSPS) is 14.6. The number of rotatable bonds is 4. The largest absolute Gasteiger partial charge is 0.457 e. The SMILES string of the molecule is Nc1nccn2c(C3CCCC3)cc(-c3ccc(Oc4ccccc4)cc3)c12. The van der Waals surface area contributed by atoms with Crippen LogP contribution < -0.4 is 10.5 Å². The van der Waals surface area contributed by atoms with E-state index in [0.717, 1.165) is 28.1 Å². The van der Waals surface area contributed by atoms with Gasteiger partial charge < -0.3 is 14.9 Å². The number of ether oxygens (including phenoxy) is 1. The molecule has 0 spiro atoms. The predicted octanol–water partition coefficient (Wildman–Crippen LogP) is 6.03. The molecule has 4 heteroatoms. The number of hydrogen-bond donors (Lipinski definition) is 1. The van der Waals surface area contributed by atoms with E-state index in [9.17, 15) is 0 Å². The molecule has 1 saturated carbocycles. The highest BCUT2D eigenvalue weighted by Crippen LogP contribution is 2.40. The second-order valence-electron chi connectivity index (χ2n) is 7.43. The number of nitrogens with zero attached hydrogens (tertiary/aromatic N) is 2. The maximum atomic E-state index is 6.28. The zero-order valence-corrected chi connectivity index (χ0v) is 15.7. The molecule has 4 aromatic rings. The first-order valence-electron chi connectivity index (χ1n) is 9.88. The van der Waals surface area contributed by atoms with Crippen LogP contribution in [0.15, 0.2) is 73.1 Å². The van der Waals surface area contributed by atoms with Gasteiger partial charge >= 0.3 is 0 Å². The summed E-state index contributed by atoms with van der Waals surface area (Å²) < 4.78 is 8.16. The molecule has 1 aliphatic carbocycles. The van der Waals surface area contributed by atoms with Crippen LogP contribution in [0.25, 0.3) is 16.6 Å². The quantitative estimate of drug-likeness (QED) is 0.477. The van der Waals surface area contributed by atoms with Gasteiger partial charge in [-0.1, -0.05) is 43.2 Å². The van der Waals surface area contributed by atoms with Crippen LogP contribution in [-0.2, 0) is 0 Å². The van der Waals surface area contributed by atoms with Gasteiger partial charge in [-0.05, 0) is 54.7 Å². The molecule has 0 unspecified atom stereocenters. The third-order valence-electron chi connectivity index (χ3n) is 5.66. The number of para-hydroxylation sites is 1. The highest BCUT2D eigenvalue weighted by molar-refractivity contribution is 5.89. The number of aromatic nitrogens is 2. The van der Waals surface area contributed by atoms with Crippen LogP contribution >= 0.6 is 0 Å². The van der Waals surface area contributed by atoms with Crippen molar-refractivity contribution in [1.29, 1.82) is 0 Å². The average Bonchev–Trinajstić information content (AvgIpc) is 3.38. The number of hydrogen-bond acceptors (Lipinski definition) is 3. The lowest BCUT2D eigenvalue weighted by Gasteiger charge is -2.09. The van der Waals surface area contributed by atoms with E-state index in [0.29, 0.717) is 11.7 Å². The van der Waals surface area contributed by atoms with Crippen molar-refractivity contribution < 1.29 is 4.74 Å². The van der Waals surface area contributed by atoms with Crippen molar-refractivity contribution in [1.82, 2.24) is 9.38 Å². The van der Waals surface area contributed by atoms with Crippen molar-refractivity contribution in [3.63, 3.8) is 0 Å². The summed E-state index contributed by atoms with van der Waals surface area (Å²) in [6.45, 7) is 0. The Bertz CT molecular complexity index is 1090. The van der Waals surface area contributed by atoms with E-state index in [1.54, 1.807) is 6.20 Å². The molecular formula is C24H23N3O.